The lowest BCUT2D eigenvalue weighted by Gasteiger charge is -2.21. The van der Waals surface area contributed by atoms with Gasteiger partial charge in [0.05, 0.1) is 18.4 Å². The standard InChI is InChI=1S/C13H14N2O2/c1-2-15(9-12-6-4-8-17-12)13-11(10-16)5-3-7-14-13/h3-8,10H,2,9H2,1H3. The van der Waals surface area contributed by atoms with E-state index in [1.165, 1.54) is 0 Å². The van der Waals surface area contributed by atoms with Crippen LogP contribution in [0.15, 0.2) is 41.1 Å². The van der Waals surface area contributed by atoms with Crippen LogP contribution in [0.4, 0.5) is 5.82 Å². The summed E-state index contributed by atoms with van der Waals surface area (Å²) in [5.41, 5.74) is 0.598. The number of pyridine rings is 1. The van der Waals surface area contributed by atoms with Crippen molar-refractivity contribution in [1.82, 2.24) is 4.98 Å². The van der Waals surface area contributed by atoms with Gasteiger partial charge in [-0.2, -0.15) is 0 Å². The Labute approximate surface area is 99.9 Å². The quantitative estimate of drug-likeness (QED) is 0.740. The van der Waals surface area contributed by atoms with E-state index in [1.54, 1.807) is 24.6 Å². The Hall–Kier alpha value is -2.10. The van der Waals surface area contributed by atoms with Gasteiger partial charge in [-0.3, -0.25) is 4.79 Å². The molecule has 0 saturated heterocycles. The smallest absolute Gasteiger partial charge is 0.153 e. The van der Waals surface area contributed by atoms with E-state index in [0.29, 0.717) is 17.9 Å². The molecule has 0 saturated carbocycles. The fourth-order valence-electron chi connectivity index (χ4n) is 1.69. The van der Waals surface area contributed by atoms with Crippen molar-refractivity contribution >= 4 is 12.1 Å². The number of nitrogens with zero attached hydrogens (tertiary/aromatic N) is 2. The van der Waals surface area contributed by atoms with Crippen molar-refractivity contribution in [3.63, 3.8) is 0 Å². The first-order chi connectivity index (χ1) is 8.35. The predicted molar refractivity (Wildman–Crippen MR) is 65.1 cm³/mol. The lowest BCUT2D eigenvalue weighted by atomic mass is 10.2. The summed E-state index contributed by atoms with van der Waals surface area (Å²) < 4.78 is 5.30. The number of carbonyl (C=O) groups is 1. The second kappa shape index (κ2) is 5.30. The third-order valence-electron chi connectivity index (χ3n) is 2.55. The molecule has 88 valence electrons. The second-order valence-electron chi connectivity index (χ2n) is 3.63. The fraction of sp³-hybridized carbons (Fsp3) is 0.231. The van der Waals surface area contributed by atoms with Gasteiger partial charge in [-0.25, -0.2) is 4.98 Å². The minimum absolute atomic E-state index is 0.598. The zero-order chi connectivity index (χ0) is 12.1. The lowest BCUT2D eigenvalue weighted by Crippen LogP contribution is -2.24. The first-order valence-electron chi connectivity index (χ1n) is 5.52. The summed E-state index contributed by atoms with van der Waals surface area (Å²) in [7, 11) is 0. The molecule has 0 radical (unpaired) electrons. The normalized spacial score (nSPS) is 10.2. The molecule has 2 rings (SSSR count). The zero-order valence-corrected chi connectivity index (χ0v) is 9.67. The molecule has 4 heteroatoms. The average Bonchev–Trinajstić information content (AvgIpc) is 2.89. The molecule has 4 nitrogen and oxygen atoms in total. The van der Waals surface area contributed by atoms with E-state index in [4.69, 9.17) is 4.42 Å². The summed E-state index contributed by atoms with van der Waals surface area (Å²) in [5, 5.41) is 0. The molecule has 0 aliphatic heterocycles. The van der Waals surface area contributed by atoms with Crippen LogP contribution < -0.4 is 4.90 Å². The maximum absolute atomic E-state index is 11.0. The minimum Gasteiger partial charge on any atom is -0.467 e. The van der Waals surface area contributed by atoms with E-state index in [1.807, 2.05) is 24.0 Å². The van der Waals surface area contributed by atoms with Crippen LogP contribution in [0.5, 0.6) is 0 Å². The molecule has 0 unspecified atom stereocenters. The van der Waals surface area contributed by atoms with E-state index in [0.717, 1.165) is 18.6 Å². The van der Waals surface area contributed by atoms with Gasteiger partial charge in [-0.15, -0.1) is 0 Å². The van der Waals surface area contributed by atoms with Crippen molar-refractivity contribution in [2.24, 2.45) is 0 Å². The molecule has 0 atom stereocenters. The van der Waals surface area contributed by atoms with Gasteiger partial charge < -0.3 is 9.32 Å². The molecular formula is C13H14N2O2. The first-order valence-corrected chi connectivity index (χ1v) is 5.52. The number of anilines is 1. The Balaban J connectivity index is 2.25. The van der Waals surface area contributed by atoms with Gasteiger partial charge in [0.25, 0.3) is 0 Å². The topological polar surface area (TPSA) is 46.3 Å². The molecule has 0 aliphatic carbocycles. The van der Waals surface area contributed by atoms with Crippen molar-refractivity contribution < 1.29 is 9.21 Å². The van der Waals surface area contributed by atoms with Crippen molar-refractivity contribution in [2.75, 3.05) is 11.4 Å². The van der Waals surface area contributed by atoms with Crippen LogP contribution in [0, 0.1) is 0 Å². The van der Waals surface area contributed by atoms with Crippen LogP contribution in [0.2, 0.25) is 0 Å². The summed E-state index contributed by atoms with van der Waals surface area (Å²) in [5.74, 6) is 1.55. The maximum Gasteiger partial charge on any atom is 0.153 e. The Morgan fingerprint density at radius 2 is 2.29 bits per heavy atom. The summed E-state index contributed by atoms with van der Waals surface area (Å²) >= 11 is 0. The highest BCUT2D eigenvalue weighted by Crippen LogP contribution is 2.17. The highest BCUT2D eigenvalue weighted by atomic mass is 16.3. The van der Waals surface area contributed by atoms with Crippen molar-refractivity contribution in [3.05, 3.63) is 48.0 Å². The van der Waals surface area contributed by atoms with Crippen molar-refractivity contribution in [1.29, 1.82) is 0 Å². The van der Waals surface area contributed by atoms with Gasteiger partial charge in [-0.05, 0) is 31.2 Å². The van der Waals surface area contributed by atoms with Gasteiger partial charge in [0.1, 0.15) is 11.6 Å². The monoisotopic (exact) mass is 230 g/mol. The largest absolute Gasteiger partial charge is 0.467 e. The van der Waals surface area contributed by atoms with Crippen LogP contribution in [-0.2, 0) is 6.54 Å². The molecular weight excluding hydrogens is 216 g/mol. The number of rotatable bonds is 5. The van der Waals surface area contributed by atoms with E-state index in [2.05, 4.69) is 4.98 Å². The molecule has 2 aromatic heterocycles. The summed E-state index contributed by atoms with van der Waals surface area (Å²) in [4.78, 5) is 17.2. The number of carbonyl (C=O) groups excluding carboxylic acids is 1. The van der Waals surface area contributed by atoms with Gasteiger partial charge >= 0.3 is 0 Å². The molecule has 0 spiro atoms. The van der Waals surface area contributed by atoms with Gasteiger partial charge in [-0.1, -0.05) is 0 Å². The first kappa shape index (κ1) is 11.4. The zero-order valence-electron chi connectivity index (χ0n) is 9.67. The lowest BCUT2D eigenvalue weighted by molar-refractivity contribution is 0.112. The summed E-state index contributed by atoms with van der Waals surface area (Å²) in [6.45, 7) is 3.39. The summed E-state index contributed by atoms with van der Waals surface area (Å²) in [6.07, 6.45) is 4.16. The molecule has 0 amide bonds. The Bertz CT molecular complexity index is 480. The van der Waals surface area contributed by atoms with Gasteiger partial charge in [0, 0.05) is 12.7 Å². The van der Waals surface area contributed by atoms with Crippen LogP contribution in [0.25, 0.3) is 0 Å². The highest BCUT2D eigenvalue weighted by molar-refractivity contribution is 5.82. The van der Waals surface area contributed by atoms with Crippen LogP contribution in [0.1, 0.15) is 23.0 Å². The Morgan fingerprint density at radius 1 is 1.41 bits per heavy atom. The molecule has 0 N–H and O–H groups in total. The molecule has 0 aromatic carbocycles. The molecule has 0 fully saturated rings. The van der Waals surface area contributed by atoms with Gasteiger partial charge in [0.15, 0.2) is 6.29 Å². The summed E-state index contributed by atoms with van der Waals surface area (Å²) in [6, 6.07) is 7.28. The number of aromatic nitrogens is 1. The van der Waals surface area contributed by atoms with E-state index >= 15 is 0 Å². The molecule has 2 aromatic rings. The van der Waals surface area contributed by atoms with E-state index in [-0.39, 0.29) is 0 Å². The maximum atomic E-state index is 11.0. The number of furan rings is 1. The van der Waals surface area contributed by atoms with Crippen LogP contribution in [0.3, 0.4) is 0 Å². The number of aldehydes is 1. The predicted octanol–water partition coefficient (Wildman–Crippen LogP) is 2.51. The Morgan fingerprint density at radius 3 is 2.94 bits per heavy atom. The third kappa shape index (κ3) is 2.53. The molecule has 0 aliphatic rings. The molecule has 0 bridgehead atoms. The molecule has 2 heterocycles. The second-order valence-corrected chi connectivity index (χ2v) is 3.63. The average molecular weight is 230 g/mol. The van der Waals surface area contributed by atoms with Crippen LogP contribution in [-0.4, -0.2) is 17.8 Å². The number of hydrogen-bond donors (Lipinski definition) is 0. The fourth-order valence-corrected chi connectivity index (χ4v) is 1.69. The minimum atomic E-state index is 0.598. The highest BCUT2D eigenvalue weighted by Gasteiger charge is 2.12. The van der Waals surface area contributed by atoms with Gasteiger partial charge in [0.2, 0.25) is 0 Å². The van der Waals surface area contributed by atoms with E-state index in [9.17, 15) is 4.79 Å². The molecule has 17 heavy (non-hydrogen) atoms. The van der Waals surface area contributed by atoms with Crippen molar-refractivity contribution in [3.8, 4) is 0 Å². The van der Waals surface area contributed by atoms with E-state index < -0.39 is 0 Å². The van der Waals surface area contributed by atoms with Crippen molar-refractivity contribution in [2.45, 2.75) is 13.5 Å². The number of hydrogen-bond acceptors (Lipinski definition) is 4. The SMILES string of the molecule is CCN(Cc1ccco1)c1ncccc1C=O. The Kier molecular flexibility index (Phi) is 3.55. The van der Waals surface area contributed by atoms with Crippen LogP contribution >= 0.6 is 0 Å². The third-order valence-corrected chi connectivity index (χ3v) is 2.55.